The van der Waals surface area contributed by atoms with E-state index >= 15 is 0 Å². The van der Waals surface area contributed by atoms with Gasteiger partial charge in [-0.25, -0.2) is 4.98 Å². The van der Waals surface area contributed by atoms with Gasteiger partial charge in [0, 0.05) is 6.54 Å². The molecule has 0 aromatic carbocycles. The number of fused-ring (bicyclic) bond motifs is 1. The van der Waals surface area contributed by atoms with Crippen LogP contribution in [-0.2, 0) is 9.53 Å². The maximum Gasteiger partial charge on any atom is 0.325 e. The normalized spacial score (nSPS) is 10.7. The van der Waals surface area contributed by atoms with Crippen molar-refractivity contribution in [3.63, 3.8) is 0 Å². The molecule has 0 N–H and O–H groups in total. The van der Waals surface area contributed by atoms with E-state index in [1.165, 1.54) is 13.4 Å². The first-order valence-corrected chi connectivity index (χ1v) is 6.28. The van der Waals surface area contributed by atoms with Gasteiger partial charge < -0.3 is 9.64 Å². The van der Waals surface area contributed by atoms with Crippen molar-refractivity contribution in [1.29, 1.82) is 0 Å². The molecule has 102 valence electrons. The lowest BCUT2D eigenvalue weighted by atomic mass is 10.2. The molecule has 0 unspecified atom stereocenters. The summed E-state index contributed by atoms with van der Waals surface area (Å²) in [4.78, 5) is 17.7. The summed E-state index contributed by atoms with van der Waals surface area (Å²) in [6, 6.07) is 3.96. The van der Waals surface area contributed by atoms with E-state index in [1.807, 2.05) is 24.0 Å². The van der Waals surface area contributed by atoms with Gasteiger partial charge in [0.15, 0.2) is 5.65 Å². The maximum atomic E-state index is 11.5. The zero-order valence-corrected chi connectivity index (χ0v) is 11.5. The molecule has 6 nitrogen and oxygen atoms in total. The number of methoxy groups -OCH3 is 1. The van der Waals surface area contributed by atoms with Crippen molar-refractivity contribution in [1.82, 2.24) is 14.6 Å². The topological polar surface area (TPSA) is 59.7 Å². The fraction of sp³-hybridized carbons (Fsp3) is 0.462. The highest BCUT2D eigenvalue weighted by atomic mass is 16.5. The van der Waals surface area contributed by atoms with Gasteiger partial charge in [0.25, 0.3) is 0 Å². The third-order valence-electron chi connectivity index (χ3n) is 2.87. The summed E-state index contributed by atoms with van der Waals surface area (Å²) in [5.74, 6) is 0.600. The number of ether oxygens (including phenoxy) is 1. The van der Waals surface area contributed by atoms with E-state index in [0.29, 0.717) is 0 Å². The molecule has 2 rings (SSSR count). The molecule has 0 fully saturated rings. The molecular weight excluding hydrogens is 244 g/mol. The Hall–Kier alpha value is -2.11. The van der Waals surface area contributed by atoms with Crippen molar-refractivity contribution < 1.29 is 9.53 Å². The Kier molecular flexibility index (Phi) is 3.99. The molecule has 2 aromatic heterocycles. The molecule has 0 bridgehead atoms. The molecule has 0 aliphatic heterocycles. The molecule has 0 aliphatic rings. The molecule has 2 aromatic rings. The van der Waals surface area contributed by atoms with Gasteiger partial charge in [0.1, 0.15) is 18.7 Å². The number of nitrogens with zero attached hydrogens (tertiary/aromatic N) is 4. The standard InChI is InChI=1S/C13H18N4O2/c1-4-5-16(8-13(18)19-3)12-7-10(2)6-11-14-9-15-17(11)12/h6-7,9H,4-5,8H2,1-3H3. The van der Waals surface area contributed by atoms with Crippen LogP contribution in [0.2, 0.25) is 0 Å². The van der Waals surface area contributed by atoms with Crippen molar-refractivity contribution in [3.8, 4) is 0 Å². The number of carbonyl (C=O) groups excluding carboxylic acids is 1. The SMILES string of the molecule is CCCN(CC(=O)OC)c1cc(C)cc2ncnn12. The maximum absolute atomic E-state index is 11.5. The van der Waals surface area contributed by atoms with Crippen LogP contribution in [0.15, 0.2) is 18.5 Å². The molecule has 0 saturated carbocycles. The fourth-order valence-electron chi connectivity index (χ4n) is 2.03. The van der Waals surface area contributed by atoms with E-state index in [9.17, 15) is 4.79 Å². The van der Waals surface area contributed by atoms with E-state index in [1.54, 1.807) is 4.52 Å². The summed E-state index contributed by atoms with van der Waals surface area (Å²) in [6.07, 6.45) is 2.45. The minimum atomic E-state index is -0.261. The molecule has 19 heavy (non-hydrogen) atoms. The average Bonchev–Trinajstić information content (AvgIpc) is 2.85. The summed E-state index contributed by atoms with van der Waals surface area (Å²) >= 11 is 0. The Labute approximate surface area is 112 Å². The second-order valence-corrected chi connectivity index (χ2v) is 4.42. The average molecular weight is 262 g/mol. The highest BCUT2D eigenvalue weighted by Gasteiger charge is 2.15. The number of aromatic nitrogens is 3. The Balaban J connectivity index is 2.42. The molecule has 2 heterocycles. The van der Waals surface area contributed by atoms with Gasteiger partial charge >= 0.3 is 5.97 Å². The van der Waals surface area contributed by atoms with E-state index in [-0.39, 0.29) is 12.5 Å². The largest absolute Gasteiger partial charge is 0.468 e. The van der Waals surface area contributed by atoms with Crippen LogP contribution in [0, 0.1) is 6.92 Å². The number of aryl methyl sites for hydroxylation is 1. The van der Waals surface area contributed by atoms with Crippen LogP contribution in [0.4, 0.5) is 5.82 Å². The number of esters is 1. The first-order chi connectivity index (χ1) is 9.15. The van der Waals surface area contributed by atoms with Crippen LogP contribution >= 0.6 is 0 Å². The van der Waals surface area contributed by atoms with Gasteiger partial charge in [0.2, 0.25) is 0 Å². The van der Waals surface area contributed by atoms with Crippen molar-refractivity contribution in [3.05, 3.63) is 24.0 Å². The minimum absolute atomic E-state index is 0.211. The van der Waals surface area contributed by atoms with Gasteiger partial charge in [-0.1, -0.05) is 6.92 Å². The summed E-state index contributed by atoms with van der Waals surface area (Å²) in [6.45, 7) is 5.04. The number of pyridine rings is 1. The molecule has 0 saturated heterocycles. The monoisotopic (exact) mass is 262 g/mol. The van der Waals surface area contributed by atoms with Gasteiger partial charge in [-0.2, -0.15) is 9.61 Å². The smallest absolute Gasteiger partial charge is 0.325 e. The lowest BCUT2D eigenvalue weighted by Crippen LogP contribution is -2.32. The number of hydrogen-bond acceptors (Lipinski definition) is 5. The predicted molar refractivity (Wildman–Crippen MR) is 72.2 cm³/mol. The van der Waals surface area contributed by atoms with E-state index in [2.05, 4.69) is 17.0 Å². The van der Waals surface area contributed by atoms with Crippen LogP contribution in [0.3, 0.4) is 0 Å². The fourth-order valence-corrected chi connectivity index (χ4v) is 2.03. The molecule has 0 aliphatic carbocycles. The quantitative estimate of drug-likeness (QED) is 0.763. The van der Waals surface area contributed by atoms with Crippen LogP contribution in [0.5, 0.6) is 0 Å². The Morgan fingerprint density at radius 2 is 2.26 bits per heavy atom. The number of hydrogen-bond donors (Lipinski definition) is 0. The summed E-state index contributed by atoms with van der Waals surface area (Å²) in [7, 11) is 1.40. The first-order valence-electron chi connectivity index (χ1n) is 6.28. The van der Waals surface area contributed by atoms with E-state index in [0.717, 1.165) is 30.0 Å². The molecule has 0 amide bonds. The third kappa shape index (κ3) is 2.83. The second-order valence-electron chi connectivity index (χ2n) is 4.42. The highest BCUT2D eigenvalue weighted by molar-refractivity contribution is 5.75. The van der Waals surface area contributed by atoms with E-state index in [4.69, 9.17) is 4.74 Å². The van der Waals surface area contributed by atoms with E-state index < -0.39 is 0 Å². The van der Waals surface area contributed by atoms with Crippen molar-refractivity contribution >= 4 is 17.4 Å². The minimum Gasteiger partial charge on any atom is -0.468 e. The van der Waals surface area contributed by atoms with Gasteiger partial charge in [-0.05, 0) is 31.0 Å². The number of anilines is 1. The second kappa shape index (κ2) is 5.69. The van der Waals surface area contributed by atoms with Crippen LogP contribution in [0.1, 0.15) is 18.9 Å². The van der Waals surface area contributed by atoms with Crippen molar-refractivity contribution in [2.24, 2.45) is 0 Å². The zero-order chi connectivity index (χ0) is 13.8. The Morgan fingerprint density at radius 1 is 1.47 bits per heavy atom. The van der Waals surface area contributed by atoms with Crippen LogP contribution in [0.25, 0.3) is 5.65 Å². The predicted octanol–water partition coefficient (Wildman–Crippen LogP) is 1.43. The van der Waals surface area contributed by atoms with Gasteiger partial charge in [-0.15, -0.1) is 0 Å². The molecule has 0 spiro atoms. The number of carbonyl (C=O) groups is 1. The highest BCUT2D eigenvalue weighted by Crippen LogP contribution is 2.18. The Morgan fingerprint density at radius 3 is 2.95 bits per heavy atom. The van der Waals surface area contributed by atoms with Gasteiger partial charge in [0.05, 0.1) is 7.11 Å². The zero-order valence-electron chi connectivity index (χ0n) is 11.5. The van der Waals surface area contributed by atoms with Crippen LogP contribution < -0.4 is 4.90 Å². The summed E-state index contributed by atoms with van der Waals surface area (Å²) < 4.78 is 6.49. The van der Waals surface area contributed by atoms with Crippen molar-refractivity contribution in [2.45, 2.75) is 20.3 Å². The first kappa shape index (κ1) is 13.3. The molecular formula is C13H18N4O2. The van der Waals surface area contributed by atoms with Gasteiger partial charge in [-0.3, -0.25) is 4.79 Å². The lowest BCUT2D eigenvalue weighted by molar-refractivity contribution is -0.138. The van der Waals surface area contributed by atoms with Crippen LogP contribution in [-0.4, -0.2) is 40.8 Å². The summed E-state index contributed by atoms with van der Waals surface area (Å²) in [5, 5.41) is 4.21. The van der Waals surface area contributed by atoms with Crippen molar-refractivity contribution in [2.75, 3.05) is 25.1 Å². The summed E-state index contributed by atoms with van der Waals surface area (Å²) in [5.41, 5.74) is 1.86. The molecule has 6 heteroatoms. The molecule has 0 radical (unpaired) electrons. The lowest BCUT2D eigenvalue weighted by Gasteiger charge is -2.23. The number of rotatable bonds is 5. The third-order valence-corrected chi connectivity index (χ3v) is 2.87. The Bertz CT molecular complexity index is 579. The molecule has 0 atom stereocenters.